The molecule has 0 unspecified atom stereocenters. The molecule has 10 heteroatoms. The van der Waals surface area contributed by atoms with Crippen molar-refractivity contribution in [2.45, 2.75) is 51.3 Å². The Kier molecular flexibility index (Phi) is 10.6. The molecule has 0 heterocycles. The van der Waals surface area contributed by atoms with E-state index in [2.05, 4.69) is 23.9 Å². The van der Waals surface area contributed by atoms with Crippen LogP contribution in [-0.4, -0.2) is 24.2 Å². The number of hydrogen-bond acceptors (Lipinski definition) is 4. The van der Waals surface area contributed by atoms with E-state index in [-0.39, 0.29) is 4.90 Å². The molecule has 0 aliphatic rings. The fraction of sp³-hybridized carbons (Fsp3) is 0.350. The number of hydrogen-bond donors (Lipinski definition) is 4. The highest BCUT2D eigenvalue weighted by atomic mass is 32.2. The predicted molar refractivity (Wildman–Crippen MR) is 117 cm³/mol. The smallest absolute Gasteiger partial charge is 0.307 e. The van der Waals surface area contributed by atoms with Crippen LogP contribution in [0, 0.1) is 6.92 Å². The van der Waals surface area contributed by atoms with Gasteiger partial charge in [-0.2, -0.15) is 0 Å². The van der Waals surface area contributed by atoms with Gasteiger partial charge in [-0.15, -0.1) is 9.79 Å². The van der Waals surface area contributed by atoms with Crippen molar-refractivity contribution in [2.24, 2.45) is 0 Å². The molecule has 0 spiro atoms. The van der Waals surface area contributed by atoms with Crippen molar-refractivity contribution in [1.29, 1.82) is 0 Å². The molecule has 0 aliphatic carbocycles. The Labute approximate surface area is 178 Å². The van der Waals surface area contributed by atoms with E-state index in [9.17, 15) is 13.2 Å². The molecule has 0 saturated heterocycles. The summed E-state index contributed by atoms with van der Waals surface area (Å²) < 4.78 is 35.3. The summed E-state index contributed by atoms with van der Waals surface area (Å²) in [4.78, 5) is 26.4. The van der Waals surface area contributed by atoms with Crippen LogP contribution in [-0.2, 0) is 27.4 Å². The molecule has 0 radical (unpaired) electrons. The Balaban J connectivity index is 0.00000103. The third-order valence-electron chi connectivity index (χ3n) is 4.06. The number of carbonyl (C=O) groups excluding carboxylic acids is 1. The second-order valence-corrected chi connectivity index (χ2v) is 8.80. The summed E-state index contributed by atoms with van der Waals surface area (Å²) in [7, 11) is -6.77. The van der Waals surface area contributed by atoms with Crippen molar-refractivity contribution in [3.63, 3.8) is 0 Å². The number of urea groups is 1. The minimum absolute atomic E-state index is 0.0585. The fourth-order valence-corrected chi connectivity index (χ4v) is 3.68. The van der Waals surface area contributed by atoms with Gasteiger partial charge in [0.1, 0.15) is 0 Å². The van der Waals surface area contributed by atoms with Crippen LogP contribution in [0.25, 0.3) is 0 Å². The number of amides is 2. The van der Waals surface area contributed by atoms with Gasteiger partial charge in [0.15, 0.2) is 0 Å². The van der Waals surface area contributed by atoms with E-state index in [1.807, 2.05) is 25.1 Å². The van der Waals surface area contributed by atoms with Gasteiger partial charge in [0.25, 0.3) is 10.0 Å². The van der Waals surface area contributed by atoms with E-state index in [0.717, 1.165) is 31.2 Å². The van der Waals surface area contributed by atoms with Crippen LogP contribution in [0.2, 0.25) is 0 Å². The van der Waals surface area contributed by atoms with E-state index in [1.54, 1.807) is 12.1 Å². The van der Waals surface area contributed by atoms with Gasteiger partial charge in [-0.3, -0.25) is 0 Å². The van der Waals surface area contributed by atoms with Gasteiger partial charge in [-0.05, 0) is 55.2 Å². The van der Waals surface area contributed by atoms with Gasteiger partial charge >= 0.3 is 14.3 Å². The lowest BCUT2D eigenvalue weighted by Gasteiger charge is -2.13. The Morgan fingerprint density at radius 2 is 1.50 bits per heavy atom. The summed E-state index contributed by atoms with van der Waals surface area (Å²) in [5, 5.41) is 2.62. The van der Waals surface area contributed by atoms with Gasteiger partial charge in [0, 0.05) is 10.3 Å². The fourth-order valence-electron chi connectivity index (χ4n) is 2.77. The van der Waals surface area contributed by atoms with E-state index in [4.69, 9.17) is 14.4 Å². The molecule has 0 fully saturated rings. The van der Waals surface area contributed by atoms with E-state index < -0.39 is 24.3 Å². The van der Waals surface area contributed by atoms with Crippen LogP contribution in [0.5, 0.6) is 0 Å². The van der Waals surface area contributed by atoms with Crippen LogP contribution >= 0.6 is 8.25 Å². The minimum atomic E-state index is -3.90. The zero-order valence-electron chi connectivity index (χ0n) is 17.3. The molecule has 2 aromatic carbocycles. The number of sulfonamides is 1. The highest BCUT2D eigenvalue weighted by molar-refractivity contribution is 7.90. The lowest BCUT2D eigenvalue weighted by molar-refractivity contribution is 0.256. The Hall–Kier alpha value is -2.32. The quantitative estimate of drug-likeness (QED) is 0.466. The number of anilines is 1. The van der Waals surface area contributed by atoms with E-state index in [0.29, 0.717) is 5.69 Å². The molecule has 164 valence electrons. The summed E-state index contributed by atoms with van der Waals surface area (Å²) in [6.07, 6.45) is 3.98. The summed E-state index contributed by atoms with van der Waals surface area (Å²) in [5.74, 6) is 0. The summed E-state index contributed by atoms with van der Waals surface area (Å²) in [6.45, 7) is 6.11. The molecule has 8 nitrogen and oxygen atoms in total. The summed E-state index contributed by atoms with van der Waals surface area (Å²) in [6, 6.07) is 11.3. The average Bonchev–Trinajstić information content (AvgIpc) is 2.63. The maximum absolute atomic E-state index is 12.3. The average molecular weight is 455 g/mol. The monoisotopic (exact) mass is 455 g/mol. The Morgan fingerprint density at radius 1 is 0.967 bits per heavy atom. The SMILES string of the molecule is CCCc1ccc(NC(=O)NS(=O)(=O)c2ccc(C)cc2)cc1CCC.O=[P+](O)O. The maximum Gasteiger partial charge on any atom is 0.692 e. The standard InChI is InChI=1S/C20H26N2O3S.HO3P/c1-4-6-16-10-11-18(14-17(16)7-5-2)21-20(23)22-26(24,25)19-12-8-15(3)9-13-19;1-4(2)3/h8-14H,4-7H2,1-3H3,(H2,21,22,23);(H-,1,2,3)/p+1. The predicted octanol–water partition coefficient (Wildman–Crippen LogP) is 4.04. The van der Waals surface area contributed by atoms with Crippen molar-refractivity contribution in [1.82, 2.24) is 4.72 Å². The molecule has 0 bridgehead atoms. The Morgan fingerprint density at radius 3 is 2.03 bits per heavy atom. The summed E-state index contributed by atoms with van der Waals surface area (Å²) in [5.41, 5.74) is 4.00. The highest BCUT2D eigenvalue weighted by Crippen LogP contribution is 2.19. The van der Waals surface area contributed by atoms with Crippen LogP contribution in [0.4, 0.5) is 10.5 Å². The van der Waals surface area contributed by atoms with Crippen LogP contribution < -0.4 is 10.0 Å². The molecule has 2 rings (SSSR count). The lowest BCUT2D eigenvalue weighted by atomic mass is 9.99. The molecule has 4 N–H and O–H groups in total. The molecular weight excluding hydrogens is 427 g/mol. The lowest BCUT2D eigenvalue weighted by Crippen LogP contribution is -2.34. The number of nitrogens with one attached hydrogen (secondary N) is 2. The zero-order valence-corrected chi connectivity index (χ0v) is 19.0. The second-order valence-electron chi connectivity index (χ2n) is 6.61. The highest BCUT2D eigenvalue weighted by Gasteiger charge is 2.17. The first-order valence-electron chi connectivity index (χ1n) is 9.46. The van der Waals surface area contributed by atoms with Crippen molar-refractivity contribution in [3.05, 3.63) is 59.2 Å². The van der Waals surface area contributed by atoms with Crippen molar-refractivity contribution < 1.29 is 27.6 Å². The van der Waals surface area contributed by atoms with Crippen LogP contribution in [0.15, 0.2) is 47.4 Å². The van der Waals surface area contributed by atoms with Gasteiger partial charge in [-0.1, -0.05) is 50.5 Å². The second kappa shape index (κ2) is 12.4. The molecule has 30 heavy (non-hydrogen) atoms. The zero-order chi connectivity index (χ0) is 22.7. The van der Waals surface area contributed by atoms with Gasteiger partial charge in [0.05, 0.1) is 4.90 Å². The van der Waals surface area contributed by atoms with Crippen molar-refractivity contribution in [3.8, 4) is 0 Å². The molecule has 0 aliphatic heterocycles. The molecular formula is C20H28N2O6PS+. The molecule has 0 aromatic heterocycles. The minimum Gasteiger partial charge on any atom is -0.307 e. The van der Waals surface area contributed by atoms with Crippen molar-refractivity contribution in [2.75, 3.05) is 5.32 Å². The number of benzene rings is 2. The first-order chi connectivity index (χ1) is 14.1. The topological polar surface area (TPSA) is 133 Å². The first kappa shape index (κ1) is 25.7. The maximum atomic E-state index is 12.3. The Bertz CT molecular complexity index is 958. The van der Waals surface area contributed by atoms with Gasteiger partial charge < -0.3 is 5.32 Å². The van der Waals surface area contributed by atoms with Crippen LogP contribution in [0.1, 0.15) is 43.4 Å². The number of rotatable bonds is 7. The van der Waals surface area contributed by atoms with E-state index in [1.165, 1.54) is 23.3 Å². The third kappa shape index (κ3) is 9.00. The van der Waals surface area contributed by atoms with E-state index >= 15 is 0 Å². The largest absolute Gasteiger partial charge is 0.692 e. The van der Waals surface area contributed by atoms with Gasteiger partial charge in [0.2, 0.25) is 0 Å². The molecule has 2 aromatic rings. The normalized spacial score (nSPS) is 10.6. The van der Waals surface area contributed by atoms with Gasteiger partial charge in [-0.25, -0.2) is 17.9 Å². The molecule has 2 amide bonds. The first-order valence-corrected chi connectivity index (χ1v) is 12.1. The summed E-state index contributed by atoms with van der Waals surface area (Å²) >= 11 is 0. The number of carbonyl (C=O) groups is 1. The third-order valence-corrected chi connectivity index (χ3v) is 5.41. The number of aryl methyl sites for hydroxylation is 3. The molecule has 0 saturated carbocycles. The van der Waals surface area contributed by atoms with Crippen LogP contribution in [0.3, 0.4) is 0 Å². The van der Waals surface area contributed by atoms with Crippen molar-refractivity contribution >= 4 is 30.0 Å². The molecule has 0 atom stereocenters.